The van der Waals surface area contributed by atoms with Crippen molar-refractivity contribution in [3.05, 3.63) is 53.8 Å². The normalized spacial score (nSPS) is 14.4. The van der Waals surface area contributed by atoms with Crippen LogP contribution in [0, 0.1) is 5.82 Å². The quantitative estimate of drug-likeness (QED) is 0.751. The molecule has 2 amide bonds. The number of carbonyl (C=O) groups excluding carboxylic acids is 2. The van der Waals surface area contributed by atoms with Crippen molar-refractivity contribution < 1.29 is 28.4 Å². The predicted octanol–water partition coefficient (Wildman–Crippen LogP) is 0.822. The number of methoxy groups -OCH3 is 2. The van der Waals surface area contributed by atoms with Crippen molar-refractivity contribution in [2.24, 2.45) is 0 Å². The number of ether oxygens (including phenoxy) is 2. The summed E-state index contributed by atoms with van der Waals surface area (Å²) in [4.78, 5) is 27.9. The van der Waals surface area contributed by atoms with Crippen LogP contribution >= 0.6 is 0 Å². The first-order chi connectivity index (χ1) is 14.0. The number of halogens is 1. The SMILES string of the molecule is COc1cc(OC)cc(C(=O)N2CC[NH+](CC(=O)Nc3cccc(F)c3)CC2)c1. The van der Waals surface area contributed by atoms with Crippen molar-refractivity contribution in [2.75, 3.05) is 52.3 Å². The van der Waals surface area contributed by atoms with Gasteiger partial charge in [-0.2, -0.15) is 0 Å². The van der Waals surface area contributed by atoms with Crippen LogP contribution < -0.4 is 19.7 Å². The number of hydrogen-bond acceptors (Lipinski definition) is 4. The number of hydrogen-bond donors (Lipinski definition) is 2. The zero-order chi connectivity index (χ0) is 20.8. The van der Waals surface area contributed by atoms with Crippen molar-refractivity contribution in [2.45, 2.75) is 0 Å². The minimum Gasteiger partial charge on any atom is -0.497 e. The monoisotopic (exact) mass is 402 g/mol. The highest BCUT2D eigenvalue weighted by Gasteiger charge is 2.26. The molecule has 1 aliphatic heterocycles. The lowest BCUT2D eigenvalue weighted by Crippen LogP contribution is -3.15. The van der Waals surface area contributed by atoms with Gasteiger partial charge in [0, 0.05) is 17.3 Å². The van der Waals surface area contributed by atoms with E-state index in [4.69, 9.17) is 9.47 Å². The van der Waals surface area contributed by atoms with Gasteiger partial charge in [-0.05, 0) is 30.3 Å². The van der Waals surface area contributed by atoms with Crippen LogP contribution in [0.2, 0.25) is 0 Å². The van der Waals surface area contributed by atoms with Gasteiger partial charge in [0.05, 0.1) is 40.4 Å². The smallest absolute Gasteiger partial charge is 0.279 e. The largest absolute Gasteiger partial charge is 0.497 e. The molecule has 0 atom stereocenters. The van der Waals surface area contributed by atoms with Gasteiger partial charge in [-0.25, -0.2) is 4.39 Å². The first kappa shape index (κ1) is 20.6. The van der Waals surface area contributed by atoms with Crippen LogP contribution in [-0.2, 0) is 4.79 Å². The highest BCUT2D eigenvalue weighted by atomic mass is 19.1. The van der Waals surface area contributed by atoms with Crippen LogP contribution in [0.3, 0.4) is 0 Å². The van der Waals surface area contributed by atoms with Gasteiger partial charge in [-0.15, -0.1) is 0 Å². The van der Waals surface area contributed by atoms with Gasteiger partial charge in [0.15, 0.2) is 6.54 Å². The number of nitrogens with zero attached hydrogens (tertiary/aromatic N) is 1. The molecule has 0 bridgehead atoms. The molecule has 3 rings (SSSR count). The highest BCUT2D eigenvalue weighted by Crippen LogP contribution is 2.23. The summed E-state index contributed by atoms with van der Waals surface area (Å²) in [5, 5.41) is 2.71. The lowest BCUT2D eigenvalue weighted by Gasteiger charge is -2.32. The van der Waals surface area contributed by atoms with Gasteiger partial charge in [0.25, 0.3) is 11.8 Å². The third kappa shape index (κ3) is 5.45. The Morgan fingerprint density at radius 1 is 1.07 bits per heavy atom. The Bertz CT molecular complexity index is 860. The van der Waals surface area contributed by atoms with Crippen LogP contribution in [0.1, 0.15) is 10.4 Å². The van der Waals surface area contributed by atoms with Crippen molar-refractivity contribution >= 4 is 17.5 Å². The summed E-state index contributed by atoms with van der Waals surface area (Å²) in [7, 11) is 3.08. The number of anilines is 1. The first-order valence-electron chi connectivity index (χ1n) is 9.40. The van der Waals surface area contributed by atoms with E-state index in [2.05, 4.69) is 5.32 Å². The Balaban J connectivity index is 1.53. The lowest BCUT2D eigenvalue weighted by atomic mass is 10.1. The number of quaternary nitrogens is 1. The van der Waals surface area contributed by atoms with E-state index in [0.717, 1.165) is 4.90 Å². The summed E-state index contributed by atoms with van der Waals surface area (Å²) in [5.74, 6) is 0.460. The number of piperazine rings is 1. The lowest BCUT2D eigenvalue weighted by molar-refractivity contribution is -0.895. The molecule has 1 fully saturated rings. The average molecular weight is 402 g/mol. The summed E-state index contributed by atoms with van der Waals surface area (Å²) >= 11 is 0. The van der Waals surface area contributed by atoms with Crippen molar-refractivity contribution in [1.29, 1.82) is 0 Å². The maximum Gasteiger partial charge on any atom is 0.279 e. The zero-order valence-corrected chi connectivity index (χ0v) is 16.5. The number of nitrogens with one attached hydrogen (secondary N) is 2. The Labute approximate surface area is 169 Å². The van der Waals surface area contributed by atoms with Crippen molar-refractivity contribution in [3.8, 4) is 11.5 Å². The Hall–Kier alpha value is -3.13. The van der Waals surface area contributed by atoms with Crippen LogP contribution in [0.25, 0.3) is 0 Å². The summed E-state index contributed by atoms with van der Waals surface area (Å²) in [6.07, 6.45) is 0. The Kier molecular flexibility index (Phi) is 6.66. The molecular weight excluding hydrogens is 377 g/mol. The third-order valence-electron chi connectivity index (χ3n) is 4.88. The maximum absolute atomic E-state index is 13.2. The molecule has 154 valence electrons. The number of benzene rings is 2. The van der Waals surface area contributed by atoms with Crippen LogP contribution in [0.4, 0.5) is 10.1 Å². The number of rotatable bonds is 6. The fourth-order valence-electron chi connectivity index (χ4n) is 3.31. The van der Waals surface area contributed by atoms with E-state index in [0.29, 0.717) is 48.9 Å². The van der Waals surface area contributed by atoms with Gasteiger partial charge in [-0.1, -0.05) is 6.07 Å². The number of amides is 2. The summed E-state index contributed by atoms with van der Waals surface area (Å²) in [6, 6.07) is 10.9. The predicted molar refractivity (Wildman–Crippen MR) is 106 cm³/mol. The molecule has 2 aromatic carbocycles. The van der Waals surface area contributed by atoms with E-state index in [9.17, 15) is 14.0 Å². The molecule has 1 aliphatic rings. The van der Waals surface area contributed by atoms with E-state index in [1.165, 1.54) is 12.1 Å². The minimum absolute atomic E-state index is 0.0922. The zero-order valence-electron chi connectivity index (χ0n) is 16.5. The van der Waals surface area contributed by atoms with E-state index in [-0.39, 0.29) is 18.4 Å². The topological polar surface area (TPSA) is 72.3 Å². The molecule has 0 radical (unpaired) electrons. The molecule has 1 heterocycles. The first-order valence-corrected chi connectivity index (χ1v) is 9.40. The average Bonchev–Trinajstić information content (AvgIpc) is 2.73. The van der Waals surface area contributed by atoms with Gasteiger partial charge in [0.2, 0.25) is 0 Å². The van der Waals surface area contributed by atoms with Crippen molar-refractivity contribution in [1.82, 2.24) is 4.90 Å². The standard InChI is InChI=1S/C21H24FN3O4/c1-28-18-10-15(11-19(13-18)29-2)21(27)25-8-6-24(7-9-25)14-20(26)23-17-5-3-4-16(22)12-17/h3-5,10-13H,6-9,14H2,1-2H3,(H,23,26)/p+1. The fourth-order valence-corrected chi connectivity index (χ4v) is 3.31. The van der Waals surface area contributed by atoms with Gasteiger partial charge in [-0.3, -0.25) is 9.59 Å². The van der Waals surface area contributed by atoms with E-state index in [1.807, 2.05) is 0 Å². The Morgan fingerprint density at radius 2 is 1.72 bits per heavy atom. The maximum atomic E-state index is 13.2. The molecule has 0 aliphatic carbocycles. The van der Waals surface area contributed by atoms with E-state index >= 15 is 0 Å². The molecule has 2 N–H and O–H groups in total. The van der Waals surface area contributed by atoms with E-state index < -0.39 is 5.82 Å². The summed E-state index contributed by atoms with van der Waals surface area (Å²) in [6.45, 7) is 2.67. The van der Waals surface area contributed by atoms with Crippen molar-refractivity contribution in [3.63, 3.8) is 0 Å². The molecule has 0 saturated carbocycles. The molecule has 1 saturated heterocycles. The molecule has 0 unspecified atom stereocenters. The fraction of sp³-hybridized carbons (Fsp3) is 0.333. The van der Waals surface area contributed by atoms with Crippen LogP contribution in [0.15, 0.2) is 42.5 Å². The van der Waals surface area contributed by atoms with Gasteiger partial charge < -0.3 is 24.6 Å². The van der Waals surface area contributed by atoms with Gasteiger partial charge in [0.1, 0.15) is 17.3 Å². The second kappa shape index (κ2) is 9.38. The van der Waals surface area contributed by atoms with Crippen LogP contribution in [-0.4, -0.2) is 63.7 Å². The molecular formula is C21H25FN3O4+. The summed E-state index contributed by atoms with van der Waals surface area (Å²) in [5.41, 5.74) is 0.948. The molecule has 0 spiro atoms. The van der Waals surface area contributed by atoms with Gasteiger partial charge >= 0.3 is 0 Å². The van der Waals surface area contributed by atoms with E-state index in [1.54, 1.807) is 49.5 Å². The van der Waals surface area contributed by atoms with Crippen LogP contribution in [0.5, 0.6) is 11.5 Å². The molecule has 8 heteroatoms. The Morgan fingerprint density at radius 3 is 2.31 bits per heavy atom. The molecule has 2 aromatic rings. The summed E-state index contributed by atoms with van der Waals surface area (Å²) < 4.78 is 23.7. The second-order valence-electron chi connectivity index (χ2n) is 6.88. The molecule has 7 nitrogen and oxygen atoms in total. The molecule has 0 aromatic heterocycles. The molecule has 29 heavy (non-hydrogen) atoms. The second-order valence-corrected chi connectivity index (χ2v) is 6.88. The third-order valence-corrected chi connectivity index (χ3v) is 4.88. The number of carbonyl (C=O) groups is 2. The highest BCUT2D eigenvalue weighted by molar-refractivity contribution is 5.95. The minimum atomic E-state index is -0.392.